The zero-order chi connectivity index (χ0) is 15.5. The average Bonchev–Trinajstić information content (AvgIpc) is 2.93. The van der Waals surface area contributed by atoms with Crippen molar-refractivity contribution < 1.29 is 19.1 Å². The van der Waals surface area contributed by atoms with Gasteiger partial charge in [-0.05, 0) is 19.1 Å². The van der Waals surface area contributed by atoms with Crippen LogP contribution in [0.5, 0.6) is 11.5 Å². The number of aromatic nitrogens is 2. The summed E-state index contributed by atoms with van der Waals surface area (Å²) in [6.45, 7) is 1.59. The molecule has 1 unspecified atom stereocenters. The third-order valence-electron chi connectivity index (χ3n) is 2.91. The first kappa shape index (κ1) is 14.5. The number of para-hydroxylation sites is 2. The largest absolute Gasteiger partial charge is 0.485 e. The molecule has 1 N–H and O–H groups in total. The summed E-state index contributed by atoms with van der Waals surface area (Å²) in [4.78, 5) is 27.3. The number of benzene rings is 1. The fraction of sp³-hybridized carbons (Fsp3) is 0.286. The number of amides is 1. The number of anilines is 1. The van der Waals surface area contributed by atoms with Crippen LogP contribution in [-0.4, -0.2) is 33.8 Å². The molecule has 2 heterocycles. The molecule has 1 aliphatic heterocycles. The van der Waals surface area contributed by atoms with E-state index in [-0.39, 0.29) is 24.7 Å². The number of rotatable bonds is 4. The molecule has 1 aliphatic rings. The zero-order valence-corrected chi connectivity index (χ0v) is 12.6. The lowest BCUT2D eigenvalue weighted by Crippen LogP contribution is -2.40. The molecule has 1 aromatic heterocycles. The lowest BCUT2D eigenvalue weighted by atomic mass is 10.2. The van der Waals surface area contributed by atoms with Gasteiger partial charge in [0.05, 0.1) is 6.42 Å². The van der Waals surface area contributed by atoms with Gasteiger partial charge in [-0.1, -0.05) is 12.1 Å². The Hall–Kier alpha value is -2.48. The molecular formula is C14H13N3O4S. The fourth-order valence-corrected chi connectivity index (χ4v) is 2.52. The van der Waals surface area contributed by atoms with Gasteiger partial charge in [-0.15, -0.1) is 0 Å². The summed E-state index contributed by atoms with van der Waals surface area (Å²) in [6.07, 6.45) is -0.599. The van der Waals surface area contributed by atoms with Crippen LogP contribution in [0.15, 0.2) is 24.3 Å². The maximum absolute atomic E-state index is 12.2. The van der Waals surface area contributed by atoms with Crippen molar-refractivity contribution in [2.45, 2.75) is 19.4 Å². The molecule has 0 radical (unpaired) electrons. The summed E-state index contributed by atoms with van der Waals surface area (Å²) in [5.74, 6) is 1.16. The number of nitrogens with zero attached hydrogens (tertiary/aromatic N) is 2. The molecule has 8 heteroatoms. The molecule has 7 nitrogen and oxygen atoms in total. The lowest BCUT2D eigenvalue weighted by Gasteiger charge is -2.25. The van der Waals surface area contributed by atoms with Gasteiger partial charge in [-0.25, -0.2) is 4.98 Å². The van der Waals surface area contributed by atoms with E-state index < -0.39 is 6.10 Å². The van der Waals surface area contributed by atoms with Crippen LogP contribution in [0.4, 0.5) is 5.13 Å². The molecule has 2 aromatic rings. The van der Waals surface area contributed by atoms with E-state index in [4.69, 9.17) is 9.47 Å². The smallest absolute Gasteiger partial charge is 0.270 e. The third kappa shape index (κ3) is 3.22. The van der Waals surface area contributed by atoms with Crippen molar-refractivity contribution in [1.29, 1.82) is 0 Å². The van der Waals surface area contributed by atoms with Crippen molar-refractivity contribution in [1.82, 2.24) is 9.36 Å². The highest BCUT2D eigenvalue weighted by molar-refractivity contribution is 7.09. The van der Waals surface area contributed by atoms with Crippen LogP contribution in [0.2, 0.25) is 0 Å². The number of hydrogen-bond donors (Lipinski definition) is 1. The first-order chi connectivity index (χ1) is 10.6. The minimum Gasteiger partial charge on any atom is -0.485 e. The molecule has 1 amide bonds. The van der Waals surface area contributed by atoms with Crippen molar-refractivity contribution in [2.24, 2.45) is 0 Å². The summed E-state index contributed by atoms with van der Waals surface area (Å²) < 4.78 is 15.1. The molecule has 0 bridgehead atoms. The monoisotopic (exact) mass is 319 g/mol. The van der Waals surface area contributed by atoms with E-state index in [2.05, 4.69) is 14.7 Å². The Morgan fingerprint density at radius 1 is 1.36 bits per heavy atom. The second kappa shape index (κ2) is 6.10. The Morgan fingerprint density at radius 3 is 2.91 bits per heavy atom. The molecule has 0 aliphatic carbocycles. The van der Waals surface area contributed by atoms with Gasteiger partial charge in [0.1, 0.15) is 12.4 Å². The van der Waals surface area contributed by atoms with Gasteiger partial charge in [0.25, 0.3) is 5.91 Å². The highest BCUT2D eigenvalue weighted by atomic mass is 32.1. The third-order valence-corrected chi connectivity index (χ3v) is 3.57. The van der Waals surface area contributed by atoms with E-state index in [0.29, 0.717) is 22.5 Å². The van der Waals surface area contributed by atoms with Crippen molar-refractivity contribution in [3.63, 3.8) is 0 Å². The second-order valence-corrected chi connectivity index (χ2v) is 5.50. The fourth-order valence-electron chi connectivity index (χ4n) is 1.93. The molecule has 0 spiro atoms. The molecular weight excluding hydrogens is 306 g/mol. The van der Waals surface area contributed by atoms with Crippen LogP contribution in [0.25, 0.3) is 0 Å². The highest BCUT2D eigenvalue weighted by Gasteiger charge is 2.28. The van der Waals surface area contributed by atoms with Crippen molar-refractivity contribution in [2.75, 3.05) is 11.9 Å². The van der Waals surface area contributed by atoms with E-state index in [9.17, 15) is 9.59 Å². The minimum absolute atomic E-state index is 0.0312. The van der Waals surface area contributed by atoms with Crippen molar-refractivity contribution in [3.8, 4) is 11.5 Å². The van der Waals surface area contributed by atoms with Crippen LogP contribution in [-0.2, 0) is 16.0 Å². The molecule has 0 saturated heterocycles. The number of carbonyl (C=O) groups is 2. The van der Waals surface area contributed by atoms with E-state index in [1.165, 1.54) is 6.92 Å². The van der Waals surface area contributed by atoms with E-state index in [1.54, 1.807) is 18.2 Å². The zero-order valence-electron chi connectivity index (χ0n) is 11.7. The minimum atomic E-state index is -0.755. The molecule has 22 heavy (non-hydrogen) atoms. The molecule has 1 aromatic carbocycles. The van der Waals surface area contributed by atoms with E-state index in [1.807, 2.05) is 6.07 Å². The number of Topliss-reactive ketones (excluding diaryl/α,β-unsaturated/α-hetero) is 1. The Morgan fingerprint density at radius 2 is 2.14 bits per heavy atom. The highest BCUT2D eigenvalue weighted by Crippen LogP contribution is 2.31. The van der Waals surface area contributed by atoms with Gasteiger partial charge in [-0.2, -0.15) is 4.37 Å². The Labute approximate surface area is 130 Å². The van der Waals surface area contributed by atoms with E-state index in [0.717, 1.165) is 11.5 Å². The van der Waals surface area contributed by atoms with Crippen LogP contribution in [0.3, 0.4) is 0 Å². The Kier molecular flexibility index (Phi) is 4.01. The van der Waals surface area contributed by atoms with Crippen molar-refractivity contribution >= 4 is 28.4 Å². The van der Waals surface area contributed by atoms with Gasteiger partial charge < -0.3 is 9.47 Å². The van der Waals surface area contributed by atoms with Crippen LogP contribution in [0.1, 0.15) is 12.7 Å². The SMILES string of the molecule is CC(=O)Cc1nsc(NC(=O)C2COc3ccccc3O2)n1. The number of ketones is 1. The molecule has 1 atom stereocenters. The van der Waals surface area contributed by atoms with Crippen LogP contribution < -0.4 is 14.8 Å². The summed E-state index contributed by atoms with van der Waals surface area (Å²) in [5.41, 5.74) is 0. The Bertz CT molecular complexity index is 716. The summed E-state index contributed by atoms with van der Waals surface area (Å²) in [6, 6.07) is 7.16. The average molecular weight is 319 g/mol. The van der Waals surface area contributed by atoms with Crippen LogP contribution in [0, 0.1) is 0 Å². The number of nitrogens with one attached hydrogen (secondary N) is 1. The quantitative estimate of drug-likeness (QED) is 0.917. The molecule has 3 rings (SSSR count). The lowest BCUT2D eigenvalue weighted by molar-refractivity contribution is -0.125. The molecule has 0 saturated carbocycles. The first-order valence-electron chi connectivity index (χ1n) is 6.63. The van der Waals surface area contributed by atoms with Gasteiger partial charge in [0.2, 0.25) is 11.2 Å². The summed E-state index contributed by atoms with van der Waals surface area (Å²) >= 11 is 1.03. The standard InChI is InChI=1S/C14H13N3O4S/c1-8(18)6-12-15-14(22-17-12)16-13(19)11-7-20-9-4-2-3-5-10(9)21-11/h2-5,11H,6-7H2,1H3,(H,15,16,17,19). The maximum atomic E-state index is 12.2. The second-order valence-electron chi connectivity index (χ2n) is 4.75. The topological polar surface area (TPSA) is 90.4 Å². The number of ether oxygens (including phenoxy) is 2. The summed E-state index contributed by atoms with van der Waals surface area (Å²) in [5, 5.41) is 2.96. The van der Waals surface area contributed by atoms with Gasteiger partial charge >= 0.3 is 0 Å². The number of fused-ring (bicyclic) bond motifs is 1. The molecule has 0 fully saturated rings. The van der Waals surface area contributed by atoms with Crippen LogP contribution >= 0.6 is 11.5 Å². The Balaban J connectivity index is 1.63. The maximum Gasteiger partial charge on any atom is 0.270 e. The van der Waals surface area contributed by atoms with Gasteiger partial charge in [0, 0.05) is 11.5 Å². The van der Waals surface area contributed by atoms with E-state index >= 15 is 0 Å². The van der Waals surface area contributed by atoms with Gasteiger partial charge in [-0.3, -0.25) is 14.9 Å². The normalized spacial score (nSPS) is 16.1. The summed E-state index contributed by atoms with van der Waals surface area (Å²) in [7, 11) is 0. The number of hydrogen-bond acceptors (Lipinski definition) is 7. The van der Waals surface area contributed by atoms with Gasteiger partial charge in [0.15, 0.2) is 17.3 Å². The molecule has 114 valence electrons. The predicted molar refractivity (Wildman–Crippen MR) is 79.3 cm³/mol. The number of carbonyl (C=O) groups excluding carboxylic acids is 2. The predicted octanol–water partition coefficient (Wildman–Crippen LogP) is 1.45. The first-order valence-corrected chi connectivity index (χ1v) is 7.40. The van der Waals surface area contributed by atoms with Crippen molar-refractivity contribution in [3.05, 3.63) is 30.1 Å².